The highest BCUT2D eigenvalue weighted by atomic mass is 19.1. The number of nitrogens with zero attached hydrogens (tertiary/aromatic N) is 1. The summed E-state index contributed by atoms with van der Waals surface area (Å²) in [7, 11) is 0. The van der Waals surface area contributed by atoms with E-state index in [0.717, 1.165) is 18.9 Å². The summed E-state index contributed by atoms with van der Waals surface area (Å²) < 4.78 is 15.9. The molecule has 1 aromatic heterocycles. The number of carbonyl (C=O) groups is 1. The number of aliphatic hydroxyl groups excluding tert-OH is 1. The Kier molecular flexibility index (Phi) is 4.04. The third-order valence-corrected chi connectivity index (χ3v) is 3.94. The van der Waals surface area contributed by atoms with E-state index in [2.05, 4.69) is 5.32 Å². The highest BCUT2D eigenvalue weighted by Gasteiger charge is 2.27. The molecule has 0 unspecified atom stereocenters. The number of fused-ring (bicyclic) bond motifs is 1. The van der Waals surface area contributed by atoms with Crippen molar-refractivity contribution in [2.24, 2.45) is 0 Å². The topological polar surface area (TPSA) is 91.6 Å². The first-order valence-electron chi connectivity index (χ1n) is 7.49. The summed E-state index contributed by atoms with van der Waals surface area (Å²) in [5.74, 6) is -1.92. The number of aromatic carboxylic acids is 1. The molecular formula is C16H17FN2O4. The maximum absolute atomic E-state index is 14.2. The van der Waals surface area contributed by atoms with E-state index in [4.69, 9.17) is 5.11 Å². The number of aliphatic hydroxyl groups is 1. The predicted octanol–water partition coefficient (Wildman–Crippen LogP) is 1.97. The predicted molar refractivity (Wildman–Crippen MR) is 83.6 cm³/mol. The molecule has 122 valence electrons. The molecule has 0 atom stereocenters. The number of halogens is 1. The third-order valence-electron chi connectivity index (χ3n) is 3.94. The van der Waals surface area contributed by atoms with Crippen molar-refractivity contribution >= 4 is 22.6 Å². The number of hydrogen-bond acceptors (Lipinski definition) is 4. The smallest absolute Gasteiger partial charge is 0.341 e. The van der Waals surface area contributed by atoms with Gasteiger partial charge in [0.2, 0.25) is 5.43 Å². The van der Waals surface area contributed by atoms with Crippen LogP contribution in [0.4, 0.5) is 10.1 Å². The van der Waals surface area contributed by atoms with Crippen LogP contribution in [0.25, 0.3) is 10.9 Å². The van der Waals surface area contributed by atoms with Crippen LogP contribution in [0.3, 0.4) is 0 Å². The van der Waals surface area contributed by atoms with Crippen molar-refractivity contribution in [3.05, 3.63) is 39.9 Å². The number of benzene rings is 1. The average molecular weight is 320 g/mol. The van der Waals surface area contributed by atoms with E-state index in [-0.39, 0.29) is 29.3 Å². The summed E-state index contributed by atoms with van der Waals surface area (Å²) in [5, 5.41) is 20.9. The second-order valence-corrected chi connectivity index (χ2v) is 5.67. The average Bonchev–Trinajstić information content (AvgIpc) is 3.33. The quantitative estimate of drug-likeness (QED) is 0.708. The van der Waals surface area contributed by atoms with Gasteiger partial charge in [-0.05, 0) is 31.4 Å². The molecule has 6 nitrogen and oxygen atoms in total. The molecule has 1 aliphatic carbocycles. The molecule has 0 saturated heterocycles. The minimum Gasteiger partial charge on any atom is -0.477 e. The van der Waals surface area contributed by atoms with Crippen molar-refractivity contribution in [1.82, 2.24) is 4.57 Å². The molecule has 0 amide bonds. The molecule has 23 heavy (non-hydrogen) atoms. The first-order valence-corrected chi connectivity index (χ1v) is 7.49. The Balaban J connectivity index is 2.17. The summed E-state index contributed by atoms with van der Waals surface area (Å²) in [5.41, 5.74) is -0.256. The van der Waals surface area contributed by atoms with E-state index in [9.17, 15) is 19.1 Å². The highest BCUT2D eigenvalue weighted by molar-refractivity contribution is 5.93. The Hall–Kier alpha value is -2.41. The van der Waals surface area contributed by atoms with Gasteiger partial charge in [0, 0.05) is 30.8 Å². The van der Waals surface area contributed by atoms with Gasteiger partial charge in [0.1, 0.15) is 11.4 Å². The Morgan fingerprint density at radius 2 is 2.13 bits per heavy atom. The van der Waals surface area contributed by atoms with Gasteiger partial charge in [0.15, 0.2) is 0 Å². The van der Waals surface area contributed by atoms with Gasteiger partial charge in [-0.25, -0.2) is 9.18 Å². The van der Waals surface area contributed by atoms with Gasteiger partial charge in [0.05, 0.1) is 11.2 Å². The number of rotatable bonds is 6. The summed E-state index contributed by atoms with van der Waals surface area (Å²) >= 11 is 0. The fourth-order valence-electron chi connectivity index (χ4n) is 2.61. The van der Waals surface area contributed by atoms with Gasteiger partial charge < -0.3 is 20.1 Å². The molecule has 1 fully saturated rings. The van der Waals surface area contributed by atoms with Crippen molar-refractivity contribution in [2.45, 2.75) is 25.3 Å². The lowest BCUT2D eigenvalue weighted by Crippen LogP contribution is -2.19. The maximum Gasteiger partial charge on any atom is 0.341 e. The Bertz CT molecular complexity index is 827. The Morgan fingerprint density at radius 1 is 1.39 bits per heavy atom. The lowest BCUT2D eigenvalue weighted by molar-refractivity contribution is 0.0695. The van der Waals surface area contributed by atoms with Gasteiger partial charge in [0.25, 0.3) is 0 Å². The van der Waals surface area contributed by atoms with Gasteiger partial charge >= 0.3 is 5.97 Å². The van der Waals surface area contributed by atoms with Gasteiger partial charge in [-0.1, -0.05) is 0 Å². The molecule has 1 heterocycles. The zero-order valence-electron chi connectivity index (χ0n) is 12.4. The van der Waals surface area contributed by atoms with Crippen LogP contribution < -0.4 is 10.7 Å². The molecule has 0 spiro atoms. The fraction of sp³-hybridized carbons (Fsp3) is 0.375. The van der Waals surface area contributed by atoms with E-state index in [1.165, 1.54) is 12.3 Å². The van der Waals surface area contributed by atoms with Gasteiger partial charge in [-0.3, -0.25) is 4.79 Å². The van der Waals surface area contributed by atoms with E-state index in [0.29, 0.717) is 18.5 Å². The lowest BCUT2D eigenvalue weighted by Gasteiger charge is -2.14. The molecule has 2 aromatic rings. The van der Waals surface area contributed by atoms with Crippen molar-refractivity contribution in [3.63, 3.8) is 0 Å². The van der Waals surface area contributed by atoms with Crippen molar-refractivity contribution in [3.8, 4) is 0 Å². The largest absolute Gasteiger partial charge is 0.477 e. The second kappa shape index (κ2) is 6.00. The first-order chi connectivity index (χ1) is 11.0. The molecule has 7 heteroatoms. The molecular weight excluding hydrogens is 303 g/mol. The molecule has 0 radical (unpaired) electrons. The number of carboxylic acids is 1. The normalized spacial score (nSPS) is 14.2. The van der Waals surface area contributed by atoms with Crippen LogP contribution in [0.15, 0.2) is 23.1 Å². The Labute approximate surface area is 131 Å². The van der Waals surface area contributed by atoms with Gasteiger partial charge in [-0.2, -0.15) is 0 Å². The van der Waals surface area contributed by atoms with Crippen LogP contribution in [0.5, 0.6) is 0 Å². The number of pyridine rings is 1. The molecule has 1 saturated carbocycles. The van der Waals surface area contributed by atoms with E-state index in [1.54, 1.807) is 4.57 Å². The molecule has 3 N–H and O–H groups in total. The zero-order valence-corrected chi connectivity index (χ0v) is 12.4. The monoisotopic (exact) mass is 320 g/mol. The molecule has 0 bridgehead atoms. The molecule has 1 aliphatic rings. The van der Waals surface area contributed by atoms with Crippen LogP contribution in [-0.2, 0) is 0 Å². The first kappa shape index (κ1) is 15.5. The molecule has 3 rings (SSSR count). The van der Waals surface area contributed by atoms with Crippen LogP contribution in [0.1, 0.15) is 35.7 Å². The number of carboxylic acid groups (broad SMARTS) is 1. The molecule has 0 aliphatic heterocycles. The lowest BCUT2D eigenvalue weighted by atomic mass is 10.1. The number of hydrogen-bond donors (Lipinski definition) is 3. The maximum atomic E-state index is 14.2. The summed E-state index contributed by atoms with van der Waals surface area (Å²) in [6, 6.07) is 2.77. The zero-order chi connectivity index (χ0) is 16.6. The van der Waals surface area contributed by atoms with E-state index in [1.807, 2.05) is 0 Å². The number of anilines is 1. The second-order valence-electron chi connectivity index (χ2n) is 5.67. The number of nitrogens with one attached hydrogen (secondary N) is 1. The van der Waals surface area contributed by atoms with Crippen molar-refractivity contribution in [1.29, 1.82) is 0 Å². The standard InChI is InChI=1S/C16H17FN2O4/c17-12-6-10-14(7-13(12)18-4-1-5-20)19(9-2-3-9)8-11(15(10)21)16(22)23/h6-9,18,20H,1-5H2,(H,22,23). The molecule has 1 aromatic carbocycles. The van der Waals surface area contributed by atoms with Gasteiger partial charge in [-0.15, -0.1) is 0 Å². The summed E-state index contributed by atoms with van der Waals surface area (Å²) in [6.45, 7) is 0.400. The van der Waals surface area contributed by atoms with Crippen LogP contribution >= 0.6 is 0 Å². The Morgan fingerprint density at radius 3 is 2.74 bits per heavy atom. The van der Waals surface area contributed by atoms with Crippen molar-refractivity contribution < 1.29 is 19.4 Å². The minimum atomic E-state index is -1.31. The van der Waals surface area contributed by atoms with Crippen molar-refractivity contribution in [2.75, 3.05) is 18.5 Å². The van der Waals surface area contributed by atoms with Crippen LogP contribution in [-0.4, -0.2) is 33.9 Å². The van der Waals surface area contributed by atoms with E-state index < -0.39 is 17.2 Å². The summed E-state index contributed by atoms with van der Waals surface area (Å²) in [6.07, 6.45) is 3.63. The summed E-state index contributed by atoms with van der Waals surface area (Å²) in [4.78, 5) is 23.5. The third kappa shape index (κ3) is 2.92. The minimum absolute atomic E-state index is 0.00302. The van der Waals surface area contributed by atoms with E-state index >= 15 is 0 Å². The van der Waals surface area contributed by atoms with Crippen LogP contribution in [0, 0.1) is 5.82 Å². The number of aromatic nitrogens is 1. The SMILES string of the molecule is O=C(O)c1cn(C2CC2)c2cc(NCCCO)c(F)cc2c1=O. The van der Waals surface area contributed by atoms with Crippen LogP contribution in [0.2, 0.25) is 0 Å². The highest BCUT2D eigenvalue weighted by Crippen LogP contribution is 2.37. The fourth-order valence-corrected chi connectivity index (χ4v) is 2.61.